The van der Waals surface area contributed by atoms with Crippen LogP contribution in [0.15, 0.2) is 65.8 Å². The van der Waals surface area contributed by atoms with Crippen LogP contribution in [-0.2, 0) is 20.8 Å². The average molecular weight is 517 g/mol. The lowest BCUT2D eigenvalue weighted by molar-refractivity contribution is -0.136. The molecule has 3 amide bonds. The van der Waals surface area contributed by atoms with Crippen LogP contribution in [0.4, 0.5) is 11.4 Å². The molecule has 9 heteroatoms. The summed E-state index contributed by atoms with van der Waals surface area (Å²) in [5.41, 5.74) is 7.13. The molecule has 3 aromatic carbocycles. The second-order valence-corrected chi connectivity index (χ2v) is 8.39. The molecule has 0 aromatic heterocycles. The highest BCUT2D eigenvalue weighted by molar-refractivity contribution is 6.39. The van der Waals surface area contributed by atoms with Crippen LogP contribution in [0.3, 0.4) is 0 Å². The van der Waals surface area contributed by atoms with Crippen molar-refractivity contribution >= 4 is 35.3 Å². The quantitative estimate of drug-likeness (QED) is 0.210. The summed E-state index contributed by atoms with van der Waals surface area (Å²) in [7, 11) is 0. The van der Waals surface area contributed by atoms with E-state index in [2.05, 4.69) is 21.2 Å². The van der Waals surface area contributed by atoms with Crippen LogP contribution >= 0.6 is 0 Å². The highest BCUT2D eigenvalue weighted by Gasteiger charge is 2.15. The average Bonchev–Trinajstić information content (AvgIpc) is 2.91. The van der Waals surface area contributed by atoms with Crippen molar-refractivity contribution in [2.45, 2.75) is 34.1 Å². The van der Waals surface area contributed by atoms with Gasteiger partial charge in [-0.3, -0.25) is 14.4 Å². The van der Waals surface area contributed by atoms with E-state index in [-0.39, 0.29) is 12.5 Å². The molecule has 3 rings (SSSR count). The van der Waals surface area contributed by atoms with E-state index in [0.29, 0.717) is 29.4 Å². The van der Waals surface area contributed by atoms with Crippen molar-refractivity contribution in [3.63, 3.8) is 0 Å². The van der Waals surface area contributed by atoms with Crippen LogP contribution in [0.2, 0.25) is 0 Å². The Morgan fingerprint density at radius 2 is 1.61 bits per heavy atom. The number of anilines is 2. The number of para-hydroxylation sites is 1. The fraction of sp³-hybridized carbons (Fsp3) is 0.241. The summed E-state index contributed by atoms with van der Waals surface area (Å²) in [6, 6.07) is 18.0. The zero-order chi connectivity index (χ0) is 27.5. The number of hydrogen-bond donors (Lipinski definition) is 3. The number of rotatable bonds is 10. The van der Waals surface area contributed by atoms with E-state index in [0.717, 1.165) is 28.8 Å². The second kappa shape index (κ2) is 13.6. The van der Waals surface area contributed by atoms with Gasteiger partial charge in [0.25, 0.3) is 5.91 Å². The normalized spacial score (nSPS) is 10.6. The zero-order valence-corrected chi connectivity index (χ0v) is 22.0. The minimum absolute atomic E-state index is 0.201. The number of hydrogen-bond acceptors (Lipinski definition) is 6. The predicted octanol–water partition coefficient (Wildman–Crippen LogP) is 4.37. The summed E-state index contributed by atoms with van der Waals surface area (Å²) in [4.78, 5) is 36.8. The van der Waals surface area contributed by atoms with Crippen LogP contribution < -0.4 is 25.5 Å². The molecule has 3 N–H and O–H groups in total. The molecule has 0 aliphatic carbocycles. The van der Waals surface area contributed by atoms with Crippen molar-refractivity contribution in [2.75, 3.05) is 23.8 Å². The van der Waals surface area contributed by atoms with E-state index >= 15 is 0 Å². The molecule has 0 bridgehead atoms. The topological polar surface area (TPSA) is 118 Å². The van der Waals surface area contributed by atoms with Crippen LogP contribution in [0, 0.1) is 13.8 Å². The zero-order valence-electron chi connectivity index (χ0n) is 22.0. The third-order valence-electron chi connectivity index (χ3n) is 5.74. The van der Waals surface area contributed by atoms with Gasteiger partial charge in [-0.05, 0) is 79.8 Å². The van der Waals surface area contributed by atoms with Gasteiger partial charge in [-0.1, -0.05) is 37.3 Å². The first-order valence-electron chi connectivity index (χ1n) is 12.3. The minimum atomic E-state index is -0.896. The summed E-state index contributed by atoms with van der Waals surface area (Å²) < 4.78 is 11.3. The molecule has 0 saturated carbocycles. The summed E-state index contributed by atoms with van der Waals surface area (Å²) >= 11 is 0. The van der Waals surface area contributed by atoms with E-state index in [1.54, 1.807) is 30.3 Å². The Bertz CT molecular complexity index is 1340. The van der Waals surface area contributed by atoms with Crippen molar-refractivity contribution < 1.29 is 23.9 Å². The Morgan fingerprint density at radius 3 is 2.37 bits per heavy atom. The predicted molar refractivity (Wildman–Crippen MR) is 148 cm³/mol. The van der Waals surface area contributed by atoms with Crippen LogP contribution in [0.5, 0.6) is 11.5 Å². The molecule has 0 aliphatic heterocycles. The van der Waals surface area contributed by atoms with Gasteiger partial charge in [0.2, 0.25) is 0 Å². The van der Waals surface area contributed by atoms with E-state index < -0.39 is 11.8 Å². The van der Waals surface area contributed by atoms with E-state index in [9.17, 15) is 14.4 Å². The minimum Gasteiger partial charge on any atom is -0.490 e. The smallest absolute Gasteiger partial charge is 0.329 e. The molecular formula is C29H32N4O5. The first-order valence-corrected chi connectivity index (χ1v) is 12.3. The Hall–Kier alpha value is -4.66. The van der Waals surface area contributed by atoms with Gasteiger partial charge in [0.1, 0.15) is 0 Å². The lowest BCUT2D eigenvalue weighted by Gasteiger charge is -2.14. The van der Waals surface area contributed by atoms with Crippen molar-refractivity contribution in [3.8, 4) is 11.5 Å². The molecule has 0 aliphatic rings. The first-order chi connectivity index (χ1) is 18.3. The summed E-state index contributed by atoms with van der Waals surface area (Å²) in [5, 5.41) is 9.32. The third kappa shape index (κ3) is 7.67. The maximum absolute atomic E-state index is 12.4. The maximum atomic E-state index is 12.4. The van der Waals surface area contributed by atoms with Gasteiger partial charge in [0, 0.05) is 11.4 Å². The number of hydrazone groups is 1. The highest BCUT2D eigenvalue weighted by atomic mass is 16.5. The van der Waals surface area contributed by atoms with Gasteiger partial charge in [0.15, 0.2) is 18.1 Å². The Kier molecular flexibility index (Phi) is 9.99. The summed E-state index contributed by atoms with van der Waals surface area (Å²) in [5.74, 6) is -1.21. The number of nitrogens with one attached hydrogen (secondary N) is 3. The van der Waals surface area contributed by atoms with Gasteiger partial charge < -0.3 is 20.1 Å². The molecular weight excluding hydrogens is 484 g/mol. The lowest BCUT2D eigenvalue weighted by atomic mass is 10.1. The van der Waals surface area contributed by atoms with Crippen molar-refractivity contribution in [1.29, 1.82) is 0 Å². The SMILES string of the molecule is CCOc1cc(/C=N\NC(=O)C(=O)Nc2ccccc2CC)ccc1OCC(=O)Nc1cccc(C)c1C. The summed E-state index contributed by atoms with van der Waals surface area (Å²) in [6.45, 7) is 7.89. The second-order valence-electron chi connectivity index (χ2n) is 8.39. The Labute approximate surface area is 222 Å². The number of ether oxygens (including phenoxy) is 2. The molecule has 198 valence electrons. The van der Waals surface area contributed by atoms with Gasteiger partial charge in [-0.15, -0.1) is 0 Å². The van der Waals surface area contributed by atoms with Crippen molar-refractivity contribution in [2.24, 2.45) is 5.10 Å². The number of aryl methyl sites for hydroxylation is 2. The number of benzene rings is 3. The van der Waals surface area contributed by atoms with E-state index in [4.69, 9.17) is 9.47 Å². The maximum Gasteiger partial charge on any atom is 0.329 e. The molecule has 3 aromatic rings. The van der Waals surface area contributed by atoms with Crippen LogP contribution in [0.25, 0.3) is 0 Å². The lowest BCUT2D eigenvalue weighted by Crippen LogP contribution is -2.32. The molecule has 0 saturated heterocycles. The van der Waals surface area contributed by atoms with Crippen LogP contribution in [0.1, 0.15) is 36.1 Å². The first kappa shape index (κ1) is 27.9. The molecule has 38 heavy (non-hydrogen) atoms. The number of carbonyl (C=O) groups excluding carboxylic acids is 3. The van der Waals surface area contributed by atoms with Crippen molar-refractivity contribution in [3.05, 3.63) is 82.9 Å². The van der Waals surface area contributed by atoms with Gasteiger partial charge in [-0.2, -0.15) is 5.10 Å². The van der Waals surface area contributed by atoms with Gasteiger partial charge >= 0.3 is 11.8 Å². The van der Waals surface area contributed by atoms with E-state index in [1.165, 1.54) is 6.21 Å². The fourth-order valence-electron chi connectivity index (χ4n) is 3.55. The number of carbonyl (C=O) groups is 3. The molecule has 0 spiro atoms. The third-order valence-corrected chi connectivity index (χ3v) is 5.74. The molecule has 0 atom stereocenters. The molecule has 0 fully saturated rings. The molecule has 0 heterocycles. The molecule has 0 radical (unpaired) electrons. The fourth-order valence-corrected chi connectivity index (χ4v) is 3.55. The van der Waals surface area contributed by atoms with Crippen LogP contribution in [-0.4, -0.2) is 37.1 Å². The monoisotopic (exact) mass is 516 g/mol. The van der Waals surface area contributed by atoms with Gasteiger partial charge in [-0.25, -0.2) is 5.43 Å². The molecule has 0 unspecified atom stereocenters. The Balaban J connectivity index is 1.58. The summed E-state index contributed by atoms with van der Waals surface area (Å²) in [6.07, 6.45) is 2.10. The standard InChI is InChI=1S/C29H32N4O5/c1-5-22-11-7-8-12-24(22)32-28(35)29(36)33-30-17-21-14-15-25(26(16-21)37-6-2)38-18-27(34)31-23-13-9-10-19(3)20(23)4/h7-17H,5-6,18H2,1-4H3,(H,31,34)(H,32,35)(H,33,36)/b30-17-. The van der Waals surface area contributed by atoms with Crippen molar-refractivity contribution in [1.82, 2.24) is 5.43 Å². The largest absolute Gasteiger partial charge is 0.490 e. The molecule has 9 nitrogen and oxygen atoms in total. The van der Waals surface area contributed by atoms with E-state index in [1.807, 2.05) is 58.0 Å². The number of nitrogens with zero attached hydrogens (tertiary/aromatic N) is 1. The Morgan fingerprint density at radius 1 is 0.842 bits per heavy atom. The van der Waals surface area contributed by atoms with Gasteiger partial charge in [0.05, 0.1) is 12.8 Å². The highest BCUT2D eigenvalue weighted by Crippen LogP contribution is 2.28. The number of amides is 3.